The molecule has 0 aromatic heterocycles. The molecule has 34 heavy (non-hydrogen) atoms. The molecule has 0 amide bonds. The first-order chi connectivity index (χ1) is 15.1. The van der Waals surface area contributed by atoms with Crippen LogP contribution < -0.4 is 9.05 Å². The fourth-order valence-corrected chi connectivity index (χ4v) is 4.52. The Hall–Kier alpha value is -1.97. The average molecular weight is 491 g/mol. The number of aromatic hydroxyl groups is 2. The monoisotopic (exact) mass is 490 g/mol. The number of rotatable bonds is 4. The molecule has 0 heterocycles. The summed E-state index contributed by atoms with van der Waals surface area (Å²) >= 11 is 0. The molecule has 0 aliphatic carbocycles. The van der Waals surface area contributed by atoms with Crippen LogP contribution in [-0.2, 0) is 21.7 Å². The Morgan fingerprint density at radius 1 is 0.500 bits per heavy atom. The Morgan fingerprint density at radius 2 is 0.765 bits per heavy atom. The molecule has 0 aliphatic rings. The van der Waals surface area contributed by atoms with Gasteiger partial charge in [0.1, 0.15) is 23.0 Å². The lowest BCUT2D eigenvalue weighted by atomic mass is 9.81. The van der Waals surface area contributed by atoms with Crippen molar-refractivity contribution in [1.82, 2.24) is 0 Å². The summed E-state index contributed by atoms with van der Waals surface area (Å²) in [5.74, 6) is 1.37. The van der Waals surface area contributed by atoms with Crippen LogP contribution in [0.1, 0.15) is 105 Å². The molecule has 2 rings (SSSR count). The summed E-state index contributed by atoms with van der Waals surface area (Å²) in [7, 11) is -2.34. The quantitative estimate of drug-likeness (QED) is 0.379. The molecule has 0 saturated carbocycles. The maximum absolute atomic E-state index is 11.0. The third kappa shape index (κ3) is 6.58. The van der Waals surface area contributed by atoms with Gasteiger partial charge in [0.25, 0.3) is 0 Å². The molecule has 5 nitrogen and oxygen atoms in total. The van der Waals surface area contributed by atoms with Crippen molar-refractivity contribution in [2.75, 3.05) is 0 Å². The van der Waals surface area contributed by atoms with E-state index in [2.05, 4.69) is 0 Å². The van der Waals surface area contributed by atoms with Gasteiger partial charge in [0.15, 0.2) is 0 Å². The Labute approximate surface area is 207 Å². The van der Waals surface area contributed by atoms with Gasteiger partial charge >= 0.3 is 8.60 Å². The summed E-state index contributed by atoms with van der Waals surface area (Å²) in [6.45, 7) is 24.3. The molecule has 0 atom stereocenters. The summed E-state index contributed by atoms with van der Waals surface area (Å²) in [5, 5.41) is 21.4. The Balaban J connectivity index is 2.55. The summed E-state index contributed by atoms with van der Waals surface area (Å²) in [6.07, 6.45) is 0. The zero-order valence-electron chi connectivity index (χ0n) is 22.9. The highest BCUT2D eigenvalue weighted by Gasteiger charge is 2.30. The van der Waals surface area contributed by atoms with Gasteiger partial charge < -0.3 is 24.2 Å². The minimum atomic E-state index is -2.34. The maximum atomic E-state index is 11.0. The second kappa shape index (κ2) is 9.24. The van der Waals surface area contributed by atoms with E-state index in [4.69, 9.17) is 9.05 Å². The van der Waals surface area contributed by atoms with E-state index in [1.54, 1.807) is 24.3 Å². The van der Waals surface area contributed by atoms with Crippen LogP contribution in [0, 0.1) is 0 Å². The first-order valence-corrected chi connectivity index (χ1v) is 12.9. The van der Waals surface area contributed by atoms with Gasteiger partial charge in [0.2, 0.25) is 0 Å². The van der Waals surface area contributed by atoms with Crippen LogP contribution >= 0.6 is 8.60 Å². The van der Waals surface area contributed by atoms with Crippen molar-refractivity contribution in [3.05, 3.63) is 46.5 Å². The van der Waals surface area contributed by atoms with Crippen LogP contribution in [-0.4, -0.2) is 15.1 Å². The Kier molecular flexibility index (Phi) is 7.68. The lowest BCUT2D eigenvalue weighted by Crippen LogP contribution is -2.18. The van der Waals surface area contributed by atoms with Gasteiger partial charge in [-0.25, -0.2) is 0 Å². The van der Waals surface area contributed by atoms with Crippen molar-refractivity contribution in [3.63, 3.8) is 0 Å². The zero-order valence-corrected chi connectivity index (χ0v) is 23.8. The highest BCUT2D eigenvalue weighted by molar-refractivity contribution is 7.41. The minimum absolute atomic E-state index is 0.205. The fraction of sp³-hybridized carbons (Fsp3) is 0.571. The standard InChI is InChI=1S/C28H43O5P/c1-25(2,3)17-15-23(19(13-21(17)29)27(7,8)9)32-34(31)33-24-16-18(26(4,5)6)22(30)14-20(24)28(10,11)12/h13-16,29-31H,1-12H3. The van der Waals surface area contributed by atoms with Crippen molar-refractivity contribution in [1.29, 1.82) is 0 Å². The van der Waals surface area contributed by atoms with Gasteiger partial charge in [-0.1, -0.05) is 83.1 Å². The van der Waals surface area contributed by atoms with Crippen LogP contribution in [0.5, 0.6) is 23.0 Å². The molecule has 0 bridgehead atoms. The summed E-state index contributed by atoms with van der Waals surface area (Å²) in [5.41, 5.74) is 1.75. The van der Waals surface area contributed by atoms with E-state index in [0.29, 0.717) is 11.5 Å². The third-order valence-corrected chi connectivity index (χ3v) is 6.49. The predicted molar refractivity (Wildman–Crippen MR) is 141 cm³/mol. The molecule has 0 aliphatic heterocycles. The number of phenolic OH excluding ortho intramolecular Hbond substituents is 2. The molecule has 6 heteroatoms. The molecule has 0 unspecified atom stereocenters. The average Bonchev–Trinajstić information content (AvgIpc) is 2.60. The summed E-state index contributed by atoms with van der Waals surface area (Å²) in [6, 6.07) is 7.04. The van der Waals surface area contributed by atoms with E-state index in [0.717, 1.165) is 22.3 Å². The van der Waals surface area contributed by atoms with Crippen LogP contribution in [0.4, 0.5) is 0 Å². The molecule has 0 radical (unpaired) electrons. The highest BCUT2D eigenvalue weighted by Crippen LogP contribution is 2.48. The van der Waals surface area contributed by atoms with Crippen LogP contribution in [0.3, 0.4) is 0 Å². The Morgan fingerprint density at radius 3 is 1.00 bits per heavy atom. The van der Waals surface area contributed by atoms with Crippen LogP contribution in [0.15, 0.2) is 24.3 Å². The fourth-order valence-electron chi connectivity index (χ4n) is 3.85. The number of benzene rings is 2. The van der Waals surface area contributed by atoms with Crippen LogP contribution in [0.25, 0.3) is 0 Å². The van der Waals surface area contributed by atoms with Crippen molar-refractivity contribution in [2.45, 2.75) is 105 Å². The van der Waals surface area contributed by atoms with Gasteiger partial charge in [-0.15, -0.1) is 0 Å². The summed E-state index contributed by atoms with van der Waals surface area (Å²) < 4.78 is 12.0. The molecular formula is C28H43O5P. The van der Waals surface area contributed by atoms with E-state index >= 15 is 0 Å². The Bertz CT molecular complexity index is 948. The second-order valence-corrected chi connectivity index (χ2v) is 14.0. The van der Waals surface area contributed by atoms with E-state index in [1.165, 1.54) is 0 Å². The van der Waals surface area contributed by atoms with E-state index in [1.807, 2.05) is 83.1 Å². The highest BCUT2D eigenvalue weighted by atomic mass is 31.2. The molecular weight excluding hydrogens is 447 g/mol. The zero-order chi connectivity index (χ0) is 26.4. The molecule has 190 valence electrons. The van der Waals surface area contributed by atoms with Gasteiger partial charge in [-0.3, -0.25) is 0 Å². The first-order valence-electron chi connectivity index (χ1n) is 11.7. The largest absolute Gasteiger partial charge is 0.508 e. The van der Waals surface area contributed by atoms with Crippen molar-refractivity contribution < 1.29 is 24.2 Å². The normalized spacial score (nSPS) is 13.4. The lowest BCUT2D eigenvalue weighted by molar-refractivity contribution is 0.366. The second-order valence-electron chi connectivity index (χ2n) is 13.2. The van der Waals surface area contributed by atoms with E-state index in [9.17, 15) is 15.1 Å². The summed E-state index contributed by atoms with van der Waals surface area (Å²) in [4.78, 5) is 11.0. The molecule has 2 aromatic rings. The first kappa shape index (κ1) is 28.3. The van der Waals surface area contributed by atoms with Crippen molar-refractivity contribution in [2.24, 2.45) is 0 Å². The molecule has 0 spiro atoms. The van der Waals surface area contributed by atoms with Crippen molar-refractivity contribution >= 4 is 8.60 Å². The predicted octanol–water partition coefficient (Wildman–Crippen LogP) is 7.96. The van der Waals surface area contributed by atoms with Crippen molar-refractivity contribution in [3.8, 4) is 23.0 Å². The number of hydrogen-bond donors (Lipinski definition) is 3. The van der Waals surface area contributed by atoms with Gasteiger partial charge in [-0.2, -0.15) is 0 Å². The van der Waals surface area contributed by atoms with E-state index < -0.39 is 8.60 Å². The molecule has 0 fully saturated rings. The number of hydrogen-bond acceptors (Lipinski definition) is 5. The minimum Gasteiger partial charge on any atom is -0.508 e. The lowest BCUT2D eigenvalue weighted by Gasteiger charge is -2.29. The molecule has 0 saturated heterocycles. The van der Waals surface area contributed by atoms with Gasteiger partial charge in [0, 0.05) is 22.3 Å². The maximum Gasteiger partial charge on any atom is 0.460 e. The SMILES string of the molecule is CC(C)(C)c1cc(OP(O)Oc2cc(C(C)(C)C)c(O)cc2C(C)(C)C)c(C(C)(C)C)cc1O. The van der Waals surface area contributed by atoms with Gasteiger partial charge in [-0.05, 0) is 45.9 Å². The van der Waals surface area contributed by atoms with E-state index in [-0.39, 0.29) is 33.2 Å². The smallest absolute Gasteiger partial charge is 0.460 e. The molecule has 2 aromatic carbocycles. The third-order valence-electron chi connectivity index (χ3n) is 5.78. The van der Waals surface area contributed by atoms with Gasteiger partial charge in [0.05, 0.1) is 0 Å². The number of phenols is 2. The topological polar surface area (TPSA) is 79.2 Å². The van der Waals surface area contributed by atoms with Crippen LogP contribution in [0.2, 0.25) is 0 Å². The molecule has 3 N–H and O–H groups in total.